The molecular weight excluding hydrogens is 258 g/mol. The summed E-state index contributed by atoms with van der Waals surface area (Å²) in [5.74, 6) is -1.81. The number of thiol groups is 1. The van der Waals surface area contributed by atoms with Crippen LogP contribution in [0.3, 0.4) is 0 Å². The lowest BCUT2D eigenvalue weighted by atomic mass is 10.2. The number of amides is 3. The quantitative estimate of drug-likeness (QED) is 0.323. The Morgan fingerprint density at radius 1 is 1.39 bits per heavy atom. The number of hydrogen-bond acceptors (Lipinski definition) is 5. The van der Waals surface area contributed by atoms with E-state index in [4.69, 9.17) is 0 Å². The Balaban J connectivity index is 4.18. The van der Waals surface area contributed by atoms with E-state index in [1.54, 1.807) is 6.08 Å². The molecule has 2 N–H and O–H groups in total. The van der Waals surface area contributed by atoms with Crippen LogP contribution in [0.2, 0.25) is 0 Å². The molecule has 1 atom stereocenters. The first-order valence-electron chi connectivity index (χ1n) is 5.20. The predicted molar refractivity (Wildman–Crippen MR) is 69.0 cm³/mol. The summed E-state index contributed by atoms with van der Waals surface area (Å²) in [7, 11) is 0. The third-order valence-electron chi connectivity index (χ3n) is 1.93. The molecule has 0 radical (unpaired) electrons. The van der Waals surface area contributed by atoms with Crippen molar-refractivity contribution >= 4 is 30.4 Å². The molecule has 0 heterocycles. The van der Waals surface area contributed by atoms with E-state index in [9.17, 15) is 19.3 Å². The monoisotopic (exact) mass is 273 g/mol. The van der Waals surface area contributed by atoms with E-state index in [0.29, 0.717) is 6.42 Å². The van der Waals surface area contributed by atoms with Gasteiger partial charge < -0.3 is 10.6 Å². The summed E-state index contributed by atoms with van der Waals surface area (Å²) in [5.41, 5.74) is 0. The summed E-state index contributed by atoms with van der Waals surface area (Å²) < 4.78 is 0. The van der Waals surface area contributed by atoms with Gasteiger partial charge in [0.25, 0.3) is 0 Å². The number of nitrogens with zero attached hydrogens (tertiary/aromatic N) is 1. The van der Waals surface area contributed by atoms with E-state index in [1.165, 1.54) is 0 Å². The second kappa shape index (κ2) is 9.34. The summed E-state index contributed by atoms with van der Waals surface area (Å²) in [6.07, 6.45) is 2.31. The lowest BCUT2D eigenvalue weighted by Gasteiger charge is -2.15. The first kappa shape index (κ1) is 16.3. The maximum absolute atomic E-state index is 11.5. The number of allylic oxidation sites excluding steroid dienone is 1. The van der Waals surface area contributed by atoms with E-state index >= 15 is 0 Å². The highest BCUT2D eigenvalue weighted by Crippen LogP contribution is 1.94. The minimum absolute atomic E-state index is 0.0777. The van der Waals surface area contributed by atoms with E-state index in [-0.39, 0.29) is 18.1 Å². The van der Waals surface area contributed by atoms with Crippen molar-refractivity contribution < 1.29 is 14.4 Å². The van der Waals surface area contributed by atoms with E-state index in [1.807, 2.05) is 0 Å². The minimum Gasteiger partial charge on any atom is -0.345 e. The maximum atomic E-state index is 11.5. The molecule has 0 fully saturated rings. The highest BCUT2D eigenvalue weighted by atomic mass is 32.1. The van der Waals surface area contributed by atoms with Crippen molar-refractivity contribution in [3.63, 3.8) is 0 Å². The van der Waals surface area contributed by atoms with Crippen LogP contribution in [-0.4, -0.2) is 36.1 Å². The molecule has 0 saturated carbocycles. The molecule has 100 valence electrons. The van der Waals surface area contributed by atoms with Crippen molar-refractivity contribution in [2.75, 3.05) is 12.3 Å². The number of rotatable bonds is 8. The van der Waals surface area contributed by atoms with Crippen LogP contribution in [0.25, 0.3) is 0 Å². The molecule has 0 saturated heterocycles. The van der Waals surface area contributed by atoms with Crippen LogP contribution >= 0.6 is 12.6 Å². The lowest BCUT2D eigenvalue weighted by Crippen LogP contribution is -2.48. The zero-order chi connectivity index (χ0) is 14.0. The smallest absolute Gasteiger partial charge is 0.305 e. The second-order valence-electron chi connectivity index (χ2n) is 3.33. The highest BCUT2D eigenvalue weighted by molar-refractivity contribution is 7.80. The minimum atomic E-state index is -0.987. The van der Waals surface area contributed by atoms with Crippen LogP contribution in [0.15, 0.2) is 17.8 Å². The largest absolute Gasteiger partial charge is 0.345 e. The van der Waals surface area contributed by atoms with Gasteiger partial charge in [-0.05, 0) is 6.42 Å². The van der Waals surface area contributed by atoms with Gasteiger partial charge >= 0.3 is 5.91 Å². The molecule has 0 aliphatic carbocycles. The molecule has 1 unspecified atom stereocenters. The van der Waals surface area contributed by atoms with E-state index < -0.39 is 24.4 Å². The van der Waals surface area contributed by atoms with Gasteiger partial charge in [-0.15, -0.1) is 11.5 Å². The fraction of sp³-hybridized carbons (Fsp3) is 0.500. The van der Waals surface area contributed by atoms with E-state index in [0.717, 1.165) is 0 Å². The van der Waals surface area contributed by atoms with Crippen molar-refractivity contribution in [3.05, 3.63) is 17.6 Å². The Morgan fingerprint density at radius 3 is 2.56 bits per heavy atom. The Bertz CT molecular complexity index is 346. The van der Waals surface area contributed by atoms with Crippen LogP contribution in [0.1, 0.15) is 12.8 Å². The van der Waals surface area contributed by atoms with Gasteiger partial charge in [0.05, 0.1) is 0 Å². The molecule has 7 nitrogen and oxygen atoms in total. The van der Waals surface area contributed by atoms with Crippen molar-refractivity contribution in [1.82, 2.24) is 10.6 Å². The SMILES string of the molecule is C=CCCC(=O)NC(CS)C(=O)NCC(=O)N=O. The summed E-state index contributed by atoms with van der Waals surface area (Å²) >= 11 is 3.92. The Labute approximate surface area is 110 Å². The van der Waals surface area contributed by atoms with Crippen LogP contribution in [0.4, 0.5) is 0 Å². The summed E-state index contributed by atoms with van der Waals surface area (Å²) in [6.45, 7) is 2.98. The zero-order valence-electron chi connectivity index (χ0n) is 9.72. The molecule has 0 aliphatic heterocycles. The van der Waals surface area contributed by atoms with Crippen LogP contribution in [-0.2, 0) is 14.4 Å². The zero-order valence-corrected chi connectivity index (χ0v) is 10.6. The predicted octanol–water partition coefficient (Wildman–Crippen LogP) is -0.224. The van der Waals surface area contributed by atoms with Crippen LogP contribution in [0, 0.1) is 4.91 Å². The van der Waals surface area contributed by atoms with Crippen molar-refractivity contribution in [2.45, 2.75) is 18.9 Å². The Morgan fingerprint density at radius 2 is 2.06 bits per heavy atom. The molecule has 0 aliphatic rings. The molecule has 0 spiro atoms. The third kappa shape index (κ3) is 6.79. The molecule has 8 heteroatoms. The molecule has 0 rings (SSSR count). The third-order valence-corrected chi connectivity index (χ3v) is 2.29. The van der Waals surface area contributed by atoms with Crippen LogP contribution < -0.4 is 10.6 Å². The van der Waals surface area contributed by atoms with Gasteiger partial charge in [-0.1, -0.05) is 6.08 Å². The van der Waals surface area contributed by atoms with Gasteiger partial charge in [0, 0.05) is 17.4 Å². The number of carbonyl (C=O) groups is 3. The summed E-state index contributed by atoms with van der Waals surface area (Å²) in [6, 6.07) is -0.856. The van der Waals surface area contributed by atoms with Gasteiger partial charge in [0.2, 0.25) is 11.8 Å². The maximum Gasteiger partial charge on any atom is 0.305 e. The number of nitroso groups, excluding NO2 is 1. The second-order valence-corrected chi connectivity index (χ2v) is 3.70. The van der Waals surface area contributed by atoms with Gasteiger partial charge in [0.15, 0.2) is 0 Å². The van der Waals surface area contributed by atoms with Crippen molar-refractivity contribution in [3.8, 4) is 0 Å². The fourth-order valence-corrected chi connectivity index (χ4v) is 1.27. The molecule has 0 aromatic rings. The molecule has 3 amide bonds. The average molecular weight is 273 g/mol. The molecular formula is C10H15N3O4S. The Hall–Kier alpha value is -1.70. The highest BCUT2D eigenvalue weighted by Gasteiger charge is 2.19. The van der Waals surface area contributed by atoms with Gasteiger partial charge in [-0.2, -0.15) is 12.6 Å². The first-order chi connectivity index (χ1) is 8.54. The number of carbonyl (C=O) groups excluding carboxylic acids is 3. The Kier molecular flexibility index (Phi) is 8.46. The van der Waals surface area contributed by atoms with Crippen molar-refractivity contribution in [2.24, 2.45) is 5.18 Å². The average Bonchev–Trinajstić information content (AvgIpc) is 2.39. The first-order valence-corrected chi connectivity index (χ1v) is 5.83. The van der Waals surface area contributed by atoms with Crippen LogP contribution in [0.5, 0.6) is 0 Å². The van der Waals surface area contributed by atoms with E-state index in [2.05, 4.69) is 35.0 Å². The fourth-order valence-electron chi connectivity index (χ4n) is 1.01. The van der Waals surface area contributed by atoms with Gasteiger partial charge in [-0.3, -0.25) is 14.4 Å². The topological polar surface area (TPSA) is 105 Å². The summed E-state index contributed by atoms with van der Waals surface area (Å²) in [5, 5.41) is 6.75. The van der Waals surface area contributed by atoms with Gasteiger partial charge in [-0.25, -0.2) is 0 Å². The van der Waals surface area contributed by atoms with Crippen molar-refractivity contribution in [1.29, 1.82) is 0 Å². The lowest BCUT2D eigenvalue weighted by molar-refractivity contribution is -0.129. The summed E-state index contributed by atoms with van der Waals surface area (Å²) in [4.78, 5) is 43.3. The molecule has 0 aromatic carbocycles. The number of hydrogen-bond donors (Lipinski definition) is 3. The number of nitrogens with one attached hydrogen (secondary N) is 2. The molecule has 0 bridgehead atoms. The molecule has 0 aromatic heterocycles. The van der Waals surface area contributed by atoms with Gasteiger partial charge in [0.1, 0.15) is 12.6 Å². The standard InChI is InChI=1S/C10H15N3O4S/c1-2-3-4-8(14)12-7(6-18)10(16)11-5-9(15)13-17/h2,7,18H,1,3-6H2,(H,11,16)(H,12,14). The normalized spacial score (nSPS) is 11.2. The molecule has 18 heavy (non-hydrogen) atoms.